The highest BCUT2D eigenvalue weighted by Crippen LogP contribution is 2.29. The molecule has 1 heterocycles. The van der Waals surface area contributed by atoms with Crippen LogP contribution in [0.25, 0.3) is 0 Å². The lowest BCUT2D eigenvalue weighted by molar-refractivity contribution is 0.165. The van der Waals surface area contributed by atoms with Crippen LogP contribution < -0.4 is 15.2 Å². The zero-order valence-corrected chi connectivity index (χ0v) is 11.6. The molecule has 0 aliphatic carbocycles. The van der Waals surface area contributed by atoms with Crippen LogP contribution in [-0.4, -0.2) is 33.0 Å². The topological polar surface area (TPSA) is 53.7 Å². The van der Waals surface area contributed by atoms with Crippen molar-refractivity contribution in [2.24, 2.45) is 11.7 Å². The van der Waals surface area contributed by atoms with E-state index in [0.29, 0.717) is 25.7 Å². The predicted octanol–water partition coefficient (Wildman–Crippen LogP) is 2.00. The second kappa shape index (κ2) is 7.36. The van der Waals surface area contributed by atoms with E-state index in [0.717, 1.165) is 37.6 Å². The minimum Gasteiger partial charge on any atom is -0.490 e. The highest BCUT2D eigenvalue weighted by atomic mass is 16.5. The fourth-order valence-electron chi connectivity index (χ4n) is 2.18. The average molecular weight is 265 g/mol. The van der Waals surface area contributed by atoms with Gasteiger partial charge in [0.05, 0.1) is 19.8 Å². The van der Waals surface area contributed by atoms with Crippen LogP contribution in [0.1, 0.15) is 18.9 Å². The van der Waals surface area contributed by atoms with Crippen molar-refractivity contribution in [1.29, 1.82) is 0 Å². The molecule has 0 saturated carbocycles. The molecule has 106 valence electrons. The number of hydrogen-bond donors (Lipinski definition) is 1. The first-order chi connectivity index (χ1) is 9.33. The van der Waals surface area contributed by atoms with E-state index < -0.39 is 0 Å². The molecule has 1 atom stereocenters. The molecular formula is C15H23NO3. The molecule has 19 heavy (non-hydrogen) atoms. The molecule has 1 fully saturated rings. The maximum absolute atomic E-state index is 5.87. The molecule has 0 aromatic heterocycles. The quantitative estimate of drug-likeness (QED) is 0.819. The van der Waals surface area contributed by atoms with Crippen molar-refractivity contribution in [1.82, 2.24) is 0 Å². The lowest BCUT2D eigenvalue weighted by Crippen LogP contribution is -2.12. The SMILES string of the molecule is CCOc1cc(CCN)ccc1OCC1CCOC1. The molecule has 0 bridgehead atoms. The highest BCUT2D eigenvalue weighted by Gasteiger charge is 2.17. The molecule has 0 radical (unpaired) electrons. The maximum Gasteiger partial charge on any atom is 0.161 e. The highest BCUT2D eigenvalue weighted by molar-refractivity contribution is 5.43. The summed E-state index contributed by atoms with van der Waals surface area (Å²) in [7, 11) is 0. The van der Waals surface area contributed by atoms with Crippen LogP contribution in [0.3, 0.4) is 0 Å². The van der Waals surface area contributed by atoms with E-state index in [1.54, 1.807) is 0 Å². The van der Waals surface area contributed by atoms with Crippen molar-refractivity contribution in [2.75, 3.05) is 33.0 Å². The molecule has 1 aliphatic rings. The molecule has 1 aromatic rings. The average Bonchev–Trinajstić information content (AvgIpc) is 2.92. The Hall–Kier alpha value is -1.26. The molecule has 0 spiro atoms. The number of benzene rings is 1. The van der Waals surface area contributed by atoms with Crippen LogP contribution >= 0.6 is 0 Å². The standard InChI is InChI=1S/C15H23NO3/c1-2-18-15-9-12(5-7-16)3-4-14(15)19-11-13-6-8-17-10-13/h3-4,9,13H,2,5-8,10-11,16H2,1H3. The second-order valence-electron chi connectivity index (χ2n) is 4.79. The Morgan fingerprint density at radius 1 is 1.32 bits per heavy atom. The van der Waals surface area contributed by atoms with Crippen LogP contribution in [0, 0.1) is 5.92 Å². The third-order valence-corrected chi connectivity index (χ3v) is 3.24. The molecule has 0 amide bonds. The zero-order valence-electron chi connectivity index (χ0n) is 11.6. The van der Waals surface area contributed by atoms with Crippen molar-refractivity contribution >= 4 is 0 Å². The van der Waals surface area contributed by atoms with E-state index in [9.17, 15) is 0 Å². The van der Waals surface area contributed by atoms with Gasteiger partial charge in [-0.2, -0.15) is 0 Å². The largest absolute Gasteiger partial charge is 0.490 e. The van der Waals surface area contributed by atoms with Crippen LogP contribution in [-0.2, 0) is 11.2 Å². The molecule has 1 unspecified atom stereocenters. The third-order valence-electron chi connectivity index (χ3n) is 3.24. The van der Waals surface area contributed by atoms with Crippen LogP contribution in [0.2, 0.25) is 0 Å². The first kappa shape index (κ1) is 14.2. The van der Waals surface area contributed by atoms with Gasteiger partial charge >= 0.3 is 0 Å². The minimum absolute atomic E-state index is 0.498. The van der Waals surface area contributed by atoms with Crippen molar-refractivity contribution in [3.05, 3.63) is 23.8 Å². The van der Waals surface area contributed by atoms with Crippen LogP contribution in [0.5, 0.6) is 11.5 Å². The van der Waals surface area contributed by atoms with Gasteiger partial charge in [-0.25, -0.2) is 0 Å². The van der Waals surface area contributed by atoms with Gasteiger partial charge in [-0.15, -0.1) is 0 Å². The van der Waals surface area contributed by atoms with E-state index in [-0.39, 0.29) is 0 Å². The summed E-state index contributed by atoms with van der Waals surface area (Å²) in [6.07, 6.45) is 1.94. The molecular weight excluding hydrogens is 242 g/mol. The fourth-order valence-corrected chi connectivity index (χ4v) is 2.18. The van der Waals surface area contributed by atoms with Gasteiger partial charge in [0, 0.05) is 12.5 Å². The van der Waals surface area contributed by atoms with Gasteiger partial charge in [0.1, 0.15) is 0 Å². The lowest BCUT2D eigenvalue weighted by atomic mass is 10.1. The van der Waals surface area contributed by atoms with Gasteiger partial charge in [-0.1, -0.05) is 6.07 Å². The van der Waals surface area contributed by atoms with Gasteiger partial charge in [-0.3, -0.25) is 0 Å². The molecule has 1 aromatic carbocycles. The lowest BCUT2D eigenvalue weighted by Gasteiger charge is -2.15. The molecule has 4 nitrogen and oxygen atoms in total. The normalized spacial score (nSPS) is 18.5. The zero-order chi connectivity index (χ0) is 13.5. The summed E-state index contributed by atoms with van der Waals surface area (Å²) in [6.45, 7) is 5.59. The van der Waals surface area contributed by atoms with Gasteiger partial charge in [0.25, 0.3) is 0 Å². The van der Waals surface area contributed by atoms with Crippen LogP contribution in [0.15, 0.2) is 18.2 Å². The van der Waals surface area contributed by atoms with Gasteiger partial charge in [0.15, 0.2) is 11.5 Å². The number of nitrogens with two attached hydrogens (primary N) is 1. The van der Waals surface area contributed by atoms with E-state index in [2.05, 4.69) is 6.07 Å². The smallest absolute Gasteiger partial charge is 0.161 e. The number of hydrogen-bond acceptors (Lipinski definition) is 4. The summed E-state index contributed by atoms with van der Waals surface area (Å²) in [4.78, 5) is 0. The van der Waals surface area contributed by atoms with E-state index in [1.807, 2.05) is 19.1 Å². The third kappa shape index (κ3) is 4.11. The Kier molecular flexibility index (Phi) is 5.48. The Balaban J connectivity index is 2.00. The first-order valence-corrected chi connectivity index (χ1v) is 6.99. The molecule has 4 heteroatoms. The molecule has 1 aliphatic heterocycles. The Morgan fingerprint density at radius 3 is 2.89 bits per heavy atom. The summed E-state index contributed by atoms with van der Waals surface area (Å²) in [5.74, 6) is 2.13. The fraction of sp³-hybridized carbons (Fsp3) is 0.600. The number of ether oxygens (including phenoxy) is 3. The van der Waals surface area contributed by atoms with Gasteiger partial charge in [-0.05, 0) is 44.0 Å². The van der Waals surface area contributed by atoms with E-state index in [1.165, 1.54) is 5.56 Å². The molecule has 2 N–H and O–H groups in total. The second-order valence-corrected chi connectivity index (χ2v) is 4.79. The summed E-state index contributed by atoms with van der Waals surface area (Å²) in [5.41, 5.74) is 6.76. The predicted molar refractivity (Wildman–Crippen MR) is 74.8 cm³/mol. The number of rotatable bonds is 7. The van der Waals surface area contributed by atoms with E-state index in [4.69, 9.17) is 19.9 Å². The summed E-state index contributed by atoms with van der Waals surface area (Å²) in [6, 6.07) is 6.05. The Morgan fingerprint density at radius 2 is 2.21 bits per heavy atom. The first-order valence-electron chi connectivity index (χ1n) is 6.99. The Bertz CT molecular complexity index is 389. The van der Waals surface area contributed by atoms with Crippen molar-refractivity contribution in [2.45, 2.75) is 19.8 Å². The summed E-state index contributed by atoms with van der Waals surface area (Å²) >= 11 is 0. The van der Waals surface area contributed by atoms with Crippen molar-refractivity contribution in [3.8, 4) is 11.5 Å². The maximum atomic E-state index is 5.87. The van der Waals surface area contributed by atoms with Gasteiger partial charge < -0.3 is 19.9 Å². The molecule has 2 rings (SSSR count). The van der Waals surface area contributed by atoms with Crippen LogP contribution in [0.4, 0.5) is 0 Å². The summed E-state index contributed by atoms with van der Waals surface area (Å²) in [5, 5.41) is 0. The van der Waals surface area contributed by atoms with E-state index >= 15 is 0 Å². The van der Waals surface area contributed by atoms with Gasteiger partial charge in [0.2, 0.25) is 0 Å². The monoisotopic (exact) mass is 265 g/mol. The minimum atomic E-state index is 0.498. The summed E-state index contributed by atoms with van der Waals surface area (Å²) < 4.78 is 16.9. The van der Waals surface area contributed by atoms with Crippen molar-refractivity contribution < 1.29 is 14.2 Å². The molecule has 1 saturated heterocycles. The van der Waals surface area contributed by atoms with Crippen molar-refractivity contribution in [3.63, 3.8) is 0 Å². The Labute approximate surface area is 114 Å².